The van der Waals surface area contributed by atoms with E-state index in [0.29, 0.717) is 23.9 Å². The molecule has 2 bridgehead atoms. The van der Waals surface area contributed by atoms with E-state index in [0.717, 1.165) is 19.4 Å². The number of rotatable bonds is 2. The molecular formula is C14H25NO3. The predicted octanol–water partition coefficient (Wildman–Crippen LogP) is 2.67. The van der Waals surface area contributed by atoms with Gasteiger partial charge in [-0.3, -0.25) is 0 Å². The van der Waals surface area contributed by atoms with Gasteiger partial charge in [0.2, 0.25) is 0 Å². The van der Waals surface area contributed by atoms with Crippen LogP contribution in [0.5, 0.6) is 0 Å². The number of amides is 1. The maximum Gasteiger partial charge on any atom is 0.410 e. The Balaban J connectivity index is 2.09. The highest BCUT2D eigenvalue weighted by Crippen LogP contribution is 2.46. The van der Waals surface area contributed by atoms with E-state index in [1.165, 1.54) is 0 Å². The van der Waals surface area contributed by atoms with Crippen LogP contribution in [0, 0.1) is 11.8 Å². The van der Waals surface area contributed by atoms with Gasteiger partial charge in [-0.15, -0.1) is 0 Å². The monoisotopic (exact) mass is 255 g/mol. The summed E-state index contributed by atoms with van der Waals surface area (Å²) in [6.45, 7) is 8.71. The highest BCUT2D eigenvalue weighted by atomic mass is 16.6. The molecule has 2 aliphatic heterocycles. The van der Waals surface area contributed by atoms with Crippen molar-refractivity contribution in [1.82, 2.24) is 4.90 Å². The van der Waals surface area contributed by atoms with Crippen LogP contribution in [0.4, 0.5) is 4.79 Å². The van der Waals surface area contributed by atoms with Gasteiger partial charge in [-0.1, -0.05) is 6.92 Å². The average molecular weight is 255 g/mol. The van der Waals surface area contributed by atoms with Crippen molar-refractivity contribution in [3.63, 3.8) is 0 Å². The summed E-state index contributed by atoms with van der Waals surface area (Å²) in [6, 6.07) is 0.643. The van der Waals surface area contributed by atoms with E-state index in [9.17, 15) is 4.79 Å². The number of nitrogens with zero attached hydrogens (tertiary/aromatic N) is 1. The fourth-order valence-electron chi connectivity index (χ4n) is 3.48. The molecule has 0 aromatic carbocycles. The standard InChI is InChI=1S/C14H25NO3/c1-9-10(8-17-5)12-7-6-11(9)15(12)13(16)18-14(2,3)4/h9-12H,6-8H2,1-5H3/t9-,10+,11-,12+/m1/s1. The zero-order valence-corrected chi connectivity index (χ0v) is 12.1. The molecule has 0 aliphatic carbocycles. The number of hydrogen-bond donors (Lipinski definition) is 0. The molecular weight excluding hydrogens is 230 g/mol. The second kappa shape index (κ2) is 4.72. The summed E-state index contributed by atoms with van der Waals surface area (Å²) in [6.07, 6.45) is 2.04. The van der Waals surface area contributed by atoms with E-state index in [1.54, 1.807) is 7.11 Å². The van der Waals surface area contributed by atoms with Crippen molar-refractivity contribution >= 4 is 6.09 Å². The van der Waals surface area contributed by atoms with Gasteiger partial charge in [0, 0.05) is 25.1 Å². The molecule has 0 unspecified atom stereocenters. The van der Waals surface area contributed by atoms with Crippen molar-refractivity contribution in [2.24, 2.45) is 11.8 Å². The van der Waals surface area contributed by atoms with E-state index in [2.05, 4.69) is 6.92 Å². The Bertz CT molecular complexity index is 323. The first-order valence-corrected chi connectivity index (χ1v) is 6.85. The molecule has 0 aromatic rings. The first-order valence-electron chi connectivity index (χ1n) is 6.85. The van der Waals surface area contributed by atoms with Gasteiger partial charge in [0.15, 0.2) is 0 Å². The molecule has 0 spiro atoms. The minimum atomic E-state index is -0.418. The van der Waals surface area contributed by atoms with Crippen molar-refractivity contribution in [2.45, 2.75) is 58.2 Å². The number of fused-ring (bicyclic) bond motifs is 2. The van der Waals surface area contributed by atoms with Gasteiger partial charge in [0.25, 0.3) is 0 Å². The maximum atomic E-state index is 12.3. The van der Waals surface area contributed by atoms with Gasteiger partial charge in [-0.25, -0.2) is 4.79 Å². The largest absolute Gasteiger partial charge is 0.444 e. The Morgan fingerprint density at radius 2 is 1.89 bits per heavy atom. The maximum absolute atomic E-state index is 12.3. The lowest BCUT2D eigenvalue weighted by Crippen LogP contribution is -2.41. The topological polar surface area (TPSA) is 38.8 Å². The molecule has 0 radical (unpaired) electrons. The Morgan fingerprint density at radius 3 is 2.44 bits per heavy atom. The molecule has 2 heterocycles. The molecule has 2 aliphatic rings. The molecule has 2 rings (SSSR count). The van der Waals surface area contributed by atoms with Crippen LogP contribution in [0.25, 0.3) is 0 Å². The van der Waals surface area contributed by atoms with E-state index >= 15 is 0 Å². The molecule has 2 fully saturated rings. The average Bonchev–Trinajstić information content (AvgIpc) is 2.74. The minimum absolute atomic E-state index is 0.152. The molecule has 0 N–H and O–H groups in total. The molecule has 2 saturated heterocycles. The minimum Gasteiger partial charge on any atom is -0.444 e. The van der Waals surface area contributed by atoms with Gasteiger partial charge < -0.3 is 14.4 Å². The zero-order chi connectivity index (χ0) is 13.5. The third-order valence-electron chi connectivity index (χ3n) is 4.21. The van der Waals surface area contributed by atoms with Crippen molar-refractivity contribution in [1.29, 1.82) is 0 Å². The molecule has 4 heteroatoms. The van der Waals surface area contributed by atoms with Crippen LogP contribution in [0.2, 0.25) is 0 Å². The second-order valence-electron chi connectivity index (χ2n) is 6.58. The molecule has 104 valence electrons. The number of hydrogen-bond acceptors (Lipinski definition) is 3. The highest BCUT2D eigenvalue weighted by Gasteiger charge is 2.53. The number of carbonyl (C=O) groups excluding carboxylic acids is 1. The molecule has 0 saturated carbocycles. The van der Waals surface area contributed by atoms with Crippen molar-refractivity contribution in [2.75, 3.05) is 13.7 Å². The summed E-state index contributed by atoms with van der Waals surface area (Å²) < 4.78 is 10.8. The highest BCUT2D eigenvalue weighted by molar-refractivity contribution is 5.70. The third-order valence-corrected chi connectivity index (χ3v) is 4.21. The van der Waals surface area contributed by atoms with Gasteiger partial charge in [-0.05, 0) is 39.5 Å². The summed E-state index contributed by atoms with van der Waals surface area (Å²) in [7, 11) is 1.73. The second-order valence-corrected chi connectivity index (χ2v) is 6.58. The lowest BCUT2D eigenvalue weighted by Gasteiger charge is -2.28. The van der Waals surface area contributed by atoms with Gasteiger partial charge in [-0.2, -0.15) is 0 Å². The first-order chi connectivity index (χ1) is 8.35. The lowest BCUT2D eigenvalue weighted by molar-refractivity contribution is 0.0189. The third kappa shape index (κ3) is 2.35. The Morgan fingerprint density at radius 1 is 1.28 bits per heavy atom. The van der Waals surface area contributed by atoms with Gasteiger partial charge in [0.1, 0.15) is 5.60 Å². The van der Waals surface area contributed by atoms with Crippen LogP contribution in [0.1, 0.15) is 40.5 Å². The fourth-order valence-corrected chi connectivity index (χ4v) is 3.48. The molecule has 1 amide bonds. The molecule has 0 aromatic heterocycles. The predicted molar refractivity (Wildman–Crippen MR) is 69.4 cm³/mol. The summed E-state index contributed by atoms with van der Waals surface area (Å²) in [5.41, 5.74) is -0.418. The number of ether oxygens (including phenoxy) is 2. The van der Waals surface area contributed by atoms with E-state index < -0.39 is 5.60 Å². The SMILES string of the molecule is COC[C@H]1[C@@H](C)[C@H]2CC[C@@H]1N2C(=O)OC(C)(C)C. The zero-order valence-electron chi connectivity index (χ0n) is 12.1. The van der Waals surface area contributed by atoms with Crippen LogP contribution < -0.4 is 0 Å². The van der Waals surface area contributed by atoms with Crippen molar-refractivity contribution in [3.05, 3.63) is 0 Å². The molecule has 4 nitrogen and oxygen atoms in total. The fraction of sp³-hybridized carbons (Fsp3) is 0.929. The lowest BCUT2D eigenvalue weighted by atomic mass is 9.81. The summed E-state index contributed by atoms with van der Waals surface area (Å²) in [4.78, 5) is 14.3. The van der Waals surface area contributed by atoms with Crippen LogP contribution in [0.15, 0.2) is 0 Å². The molecule has 18 heavy (non-hydrogen) atoms. The van der Waals surface area contributed by atoms with Crippen LogP contribution >= 0.6 is 0 Å². The Labute approximate surface area is 110 Å². The Kier molecular flexibility index (Phi) is 3.58. The van der Waals surface area contributed by atoms with E-state index in [1.807, 2.05) is 25.7 Å². The van der Waals surface area contributed by atoms with Crippen molar-refractivity contribution in [3.8, 4) is 0 Å². The quantitative estimate of drug-likeness (QED) is 0.761. The van der Waals surface area contributed by atoms with Crippen LogP contribution in [0.3, 0.4) is 0 Å². The van der Waals surface area contributed by atoms with Crippen LogP contribution in [-0.2, 0) is 9.47 Å². The van der Waals surface area contributed by atoms with Crippen LogP contribution in [-0.4, -0.2) is 42.4 Å². The van der Waals surface area contributed by atoms with Gasteiger partial charge >= 0.3 is 6.09 Å². The summed E-state index contributed by atoms with van der Waals surface area (Å²) in [5.74, 6) is 0.970. The normalized spacial score (nSPS) is 35.1. The Hall–Kier alpha value is -0.770. The first kappa shape index (κ1) is 13.7. The van der Waals surface area contributed by atoms with Gasteiger partial charge in [0.05, 0.1) is 6.61 Å². The smallest absolute Gasteiger partial charge is 0.410 e. The number of methoxy groups -OCH3 is 1. The van der Waals surface area contributed by atoms with Crippen molar-refractivity contribution < 1.29 is 14.3 Å². The van der Waals surface area contributed by atoms with E-state index in [-0.39, 0.29) is 6.09 Å². The summed E-state index contributed by atoms with van der Waals surface area (Å²) >= 11 is 0. The summed E-state index contributed by atoms with van der Waals surface area (Å²) in [5, 5.41) is 0. The number of carbonyl (C=O) groups is 1. The molecule has 4 atom stereocenters. The van der Waals surface area contributed by atoms with E-state index in [4.69, 9.17) is 9.47 Å².